The number of hydrogen-bond acceptors (Lipinski definition) is 1. The number of hydrogen-bond donors (Lipinski definition) is 1. The van der Waals surface area contributed by atoms with E-state index in [-0.39, 0.29) is 11.8 Å². The van der Waals surface area contributed by atoms with Crippen LogP contribution in [0.3, 0.4) is 0 Å². The number of benzene rings is 1. The first-order valence-electron chi connectivity index (χ1n) is 4.57. The zero-order chi connectivity index (χ0) is 9.97. The van der Waals surface area contributed by atoms with Gasteiger partial charge in [0, 0.05) is 5.69 Å². The summed E-state index contributed by atoms with van der Waals surface area (Å²) in [6.45, 7) is 3.49. The van der Waals surface area contributed by atoms with Crippen LogP contribution in [0.25, 0.3) is 0 Å². The van der Waals surface area contributed by atoms with Crippen molar-refractivity contribution < 1.29 is 4.79 Å². The summed E-state index contributed by atoms with van der Waals surface area (Å²) in [7, 11) is 0. The van der Waals surface area contributed by atoms with Crippen molar-refractivity contribution in [1.82, 2.24) is 0 Å². The zero-order valence-corrected chi connectivity index (χ0v) is 7.79. The van der Waals surface area contributed by atoms with Crippen molar-refractivity contribution in [2.75, 3.05) is 5.32 Å². The second kappa shape index (κ2) is 3.52. The number of nitrogens with one attached hydrogen (secondary N) is 1. The molecule has 1 atom stereocenters. The predicted molar refractivity (Wildman–Crippen MR) is 56.1 cm³/mol. The summed E-state index contributed by atoms with van der Waals surface area (Å²) in [6.07, 6.45) is 2.47. The molecule has 70 valence electrons. The molecular weight excluding hydrogens is 174 g/mol. The van der Waals surface area contributed by atoms with Gasteiger partial charge in [0.2, 0.25) is 5.91 Å². The Kier molecular flexibility index (Phi) is 2.21. The minimum Gasteiger partial charge on any atom is -0.325 e. The molecule has 2 rings (SSSR count). The molecule has 1 aromatic rings. The normalized spacial score (nSPS) is 18.3. The molecule has 0 saturated heterocycles. The Morgan fingerprint density at radius 2 is 2.29 bits per heavy atom. The topological polar surface area (TPSA) is 29.1 Å². The highest BCUT2D eigenvalue weighted by Gasteiger charge is 2.28. The van der Waals surface area contributed by atoms with Crippen LogP contribution in [0, 0.1) is 0 Å². The van der Waals surface area contributed by atoms with Crippen molar-refractivity contribution in [1.29, 1.82) is 0 Å². The number of carbonyl (C=O) groups excluding carboxylic acids is 1. The molecule has 2 nitrogen and oxygen atoms in total. The molecular formula is C12H11NO. The van der Waals surface area contributed by atoms with Crippen molar-refractivity contribution in [2.45, 2.75) is 12.3 Å². The Labute approximate surface area is 82.9 Å². The maximum Gasteiger partial charge on any atom is 0.232 e. The van der Waals surface area contributed by atoms with E-state index in [4.69, 9.17) is 0 Å². The fourth-order valence-corrected chi connectivity index (χ4v) is 1.71. The van der Waals surface area contributed by atoms with Gasteiger partial charge >= 0.3 is 0 Å². The molecule has 1 unspecified atom stereocenters. The third-order valence-electron chi connectivity index (χ3n) is 2.41. The highest BCUT2D eigenvalue weighted by atomic mass is 16.2. The molecule has 2 heteroatoms. The van der Waals surface area contributed by atoms with Crippen molar-refractivity contribution >= 4 is 11.6 Å². The van der Waals surface area contributed by atoms with Crippen LogP contribution in [0.1, 0.15) is 17.9 Å². The Balaban J connectivity index is 2.34. The molecule has 1 amide bonds. The standard InChI is InChI=1S/C12H11NO/c1-2-3-6-10-9-7-4-5-8-11(9)13-12(10)14/h3-5,7-8,10H,1,6H2,(H,13,14). The lowest BCUT2D eigenvalue weighted by atomic mass is 9.97. The zero-order valence-electron chi connectivity index (χ0n) is 7.79. The van der Waals surface area contributed by atoms with Crippen LogP contribution in [-0.2, 0) is 4.79 Å². The third kappa shape index (κ3) is 1.36. The van der Waals surface area contributed by atoms with E-state index >= 15 is 0 Å². The number of rotatable bonds is 2. The van der Waals surface area contributed by atoms with Crippen molar-refractivity contribution in [3.8, 4) is 0 Å². The fraction of sp³-hybridized carbons (Fsp3) is 0.167. The molecule has 0 aliphatic carbocycles. The largest absolute Gasteiger partial charge is 0.325 e. The van der Waals surface area contributed by atoms with Gasteiger partial charge in [0.05, 0.1) is 5.92 Å². The summed E-state index contributed by atoms with van der Waals surface area (Å²) < 4.78 is 0. The van der Waals surface area contributed by atoms with Crippen LogP contribution in [0.5, 0.6) is 0 Å². The molecule has 0 aromatic heterocycles. The Morgan fingerprint density at radius 3 is 3.07 bits per heavy atom. The number of allylic oxidation sites excluding steroid dienone is 1. The van der Waals surface area contributed by atoms with Crippen molar-refractivity contribution in [3.05, 3.63) is 48.2 Å². The minimum absolute atomic E-state index is 0.0673. The number of para-hydroxylation sites is 1. The number of fused-ring (bicyclic) bond motifs is 1. The minimum atomic E-state index is -0.0690. The van der Waals surface area contributed by atoms with E-state index in [2.05, 4.69) is 17.6 Å². The summed E-state index contributed by atoms with van der Waals surface area (Å²) in [5.74, 6) is -0.00171. The third-order valence-corrected chi connectivity index (χ3v) is 2.41. The van der Waals surface area contributed by atoms with Gasteiger partial charge in [0.25, 0.3) is 0 Å². The molecule has 0 radical (unpaired) electrons. The highest BCUT2D eigenvalue weighted by Crippen LogP contribution is 2.34. The second-order valence-electron chi connectivity index (χ2n) is 3.27. The molecule has 1 N–H and O–H groups in total. The highest BCUT2D eigenvalue weighted by molar-refractivity contribution is 6.02. The van der Waals surface area contributed by atoms with Crippen molar-refractivity contribution in [2.24, 2.45) is 0 Å². The van der Waals surface area contributed by atoms with Gasteiger partial charge in [-0.2, -0.15) is 0 Å². The molecule has 0 fully saturated rings. The van der Waals surface area contributed by atoms with Gasteiger partial charge in [-0.3, -0.25) is 4.79 Å². The first kappa shape index (κ1) is 8.79. The van der Waals surface area contributed by atoms with E-state index in [1.165, 1.54) is 0 Å². The molecule has 1 aliphatic rings. The summed E-state index contributed by atoms with van der Waals surface area (Å²) in [5.41, 5.74) is 4.69. The van der Waals surface area contributed by atoms with Crippen LogP contribution >= 0.6 is 0 Å². The van der Waals surface area contributed by atoms with Gasteiger partial charge in [-0.1, -0.05) is 24.8 Å². The van der Waals surface area contributed by atoms with Crippen LogP contribution in [-0.4, -0.2) is 5.91 Å². The molecule has 1 aromatic carbocycles. The lowest BCUT2D eigenvalue weighted by molar-refractivity contribution is -0.116. The Morgan fingerprint density at radius 1 is 1.50 bits per heavy atom. The molecule has 0 spiro atoms. The average molecular weight is 185 g/mol. The van der Waals surface area contributed by atoms with Crippen LogP contribution < -0.4 is 5.32 Å². The van der Waals surface area contributed by atoms with Crippen LogP contribution in [0.2, 0.25) is 0 Å². The summed E-state index contributed by atoms with van der Waals surface area (Å²) >= 11 is 0. The average Bonchev–Trinajstić information content (AvgIpc) is 2.51. The van der Waals surface area contributed by atoms with Crippen molar-refractivity contribution in [3.63, 3.8) is 0 Å². The van der Waals surface area contributed by atoms with Crippen LogP contribution in [0.4, 0.5) is 5.69 Å². The van der Waals surface area contributed by atoms with E-state index in [9.17, 15) is 4.79 Å². The van der Waals surface area contributed by atoms with E-state index < -0.39 is 0 Å². The van der Waals surface area contributed by atoms with E-state index in [0.29, 0.717) is 6.42 Å². The monoisotopic (exact) mass is 185 g/mol. The number of amides is 1. The number of anilines is 1. The lowest BCUT2D eigenvalue weighted by Crippen LogP contribution is -2.10. The van der Waals surface area contributed by atoms with Gasteiger partial charge in [0.15, 0.2) is 0 Å². The second-order valence-corrected chi connectivity index (χ2v) is 3.27. The van der Waals surface area contributed by atoms with Gasteiger partial charge in [-0.25, -0.2) is 0 Å². The fourth-order valence-electron chi connectivity index (χ4n) is 1.71. The van der Waals surface area contributed by atoms with Gasteiger partial charge in [0.1, 0.15) is 0 Å². The first-order valence-corrected chi connectivity index (χ1v) is 4.57. The molecule has 14 heavy (non-hydrogen) atoms. The SMILES string of the molecule is C=C=CCC1C(=O)Nc2ccccc21. The Hall–Kier alpha value is -1.79. The van der Waals surface area contributed by atoms with Gasteiger partial charge in [-0.15, -0.1) is 5.73 Å². The first-order chi connectivity index (χ1) is 6.83. The molecule has 0 bridgehead atoms. The van der Waals surface area contributed by atoms with Gasteiger partial charge in [-0.05, 0) is 24.1 Å². The quantitative estimate of drug-likeness (QED) is 0.704. The Bertz CT molecular complexity index is 416. The molecule has 1 heterocycles. The lowest BCUT2D eigenvalue weighted by Gasteiger charge is -2.03. The summed E-state index contributed by atoms with van der Waals surface area (Å²) in [6, 6.07) is 7.77. The summed E-state index contributed by atoms with van der Waals surface area (Å²) in [5, 5.41) is 2.85. The number of carbonyl (C=O) groups is 1. The maximum absolute atomic E-state index is 11.6. The van der Waals surface area contributed by atoms with Gasteiger partial charge < -0.3 is 5.32 Å². The molecule has 0 saturated carbocycles. The summed E-state index contributed by atoms with van der Waals surface area (Å²) in [4.78, 5) is 11.6. The van der Waals surface area contributed by atoms with E-state index in [1.807, 2.05) is 24.3 Å². The molecule has 1 aliphatic heterocycles. The predicted octanol–water partition coefficient (Wildman–Crippen LogP) is 2.45. The van der Waals surface area contributed by atoms with E-state index in [0.717, 1.165) is 11.3 Å². The van der Waals surface area contributed by atoms with E-state index in [1.54, 1.807) is 6.08 Å². The maximum atomic E-state index is 11.6. The smallest absolute Gasteiger partial charge is 0.232 e. The van der Waals surface area contributed by atoms with Crippen LogP contribution in [0.15, 0.2) is 42.7 Å².